The molecule has 8 heteroatoms. The monoisotopic (exact) mass is 419 g/mol. The Morgan fingerprint density at radius 2 is 1.76 bits per heavy atom. The second-order valence-corrected chi connectivity index (χ2v) is 6.77. The number of hydrogen-bond donors (Lipinski definition) is 1. The molecular formula is C21H22ClNO6. The van der Waals surface area contributed by atoms with E-state index >= 15 is 0 Å². The standard InChI is InChI=1S/C21H22ClNO6/c1-12-7-13(2)21(16(22)8-12)23-19(25)10-29-20(26)11-28-17-6-5-15(14(3)24)9-18(17)27-4/h5-9H,10-11H2,1-4H3,(H,23,25). The Balaban J connectivity index is 1.87. The summed E-state index contributed by atoms with van der Waals surface area (Å²) >= 11 is 6.14. The lowest BCUT2D eigenvalue weighted by atomic mass is 10.1. The van der Waals surface area contributed by atoms with E-state index in [1.807, 2.05) is 19.9 Å². The smallest absolute Gasteiger partial charge is 0.344 e. The molecule has 0 fully saturated rings. The summed E-state index contributed by atoms with van der Waals surface area (Å²) in [6.07, 6.45) is 0. The molecule has 154 valence electrons. The molecule has 1 amide bonds. The molecule has 0 aliphatic heterocycles. The van der Waals surface area contributed by atoms with Gasteiger partial charge in [0.25, 0.3) is 5.91 Å². The quantitative estimate of drug-likeness (QED) is 0.518. The molecule has 1 N–H and O–H groups in total. The third-order valence-electron chi connectivity index (χ3n) is 3.98. The molecule has 0 unspecified atom stereocenters. The molecule has 0 heterocycles. The average molecular weight is 420 g/mol. The van der Waals surface area contributed by atoms with Crippen molar-refractivity contribution in [1.82, 2.24) is 0 Å². The zero-order valence-electron chi connectivity index (χ0n) is 16.6. The van der Waals surface area contributed by atoms with E-state index in [-0.39, 0.29) is 11.5 Å². The highest BCUT2D eigenvalue weighted by Crippen LogP contribution is 2.28. The highest BCUT2D eigenvalue weighted by molar-refractivity contribution is 6.34. The molecule has 0 aromatic heterocycles. The Labute approximate surface area is 173 Å². The van der Waals surface area contributed by atoms with Crippen molar-refractivity contribution in [2.75, 3.05) is 25.6 Å². The van der Waals surface area contributed by atoms with Gasteiger partial charge < -0.3 is 19.5 Å². The minimum absolute atomic E-state index is 0.121. The molecule has 0 radical (unpaired) electrons. The first-order valence-electron chi connectivity index (χ1n) is 8.75. The lowest BCUT2D eigenvalue weighted by Crippen LogP contribution is -2.24. The van der Waals surface area contributed by atoms with Crippen LogP contribution in [0.25, 0.3) is 0 Å². The van der Waals surface area contributed by atoms with E-state index in [1.54, 1.807) is 12.1 Å². The van der Waals surface area contributed by atoms with Crippen molar-refractivity contribution in [2.45, 2.75) is 20.8 Å². The molecule has 7 nitrogen and oxygen atoms in total. The third-order valence-corrected chi connectivity index (χ3v) is 4.27. The first-order chi connectivity index (χ1) is 13.7. The number of Topliss-reactive ketones (excluding diaryl/α,β-unsaturated/α-hetero) is 1. The Bertz CT molecular complexity index is 918. The summed E-state index contributed by atoms with van der Waals surface area (Å²) in [5.74, 6) is -0.780. The number of amides is 1. The Hall–Kier alpha value is -3.06. The Morgan fingerprint density at radius 1 is 1.03 bits per heavy atom. The lowest BCUT2D eigenvalue weighted by Gasteiger charge is -2.13. The second-order valence-electron chi connectivity index (χ2n) is 6.36. The van der Waals surface area contributed by atoms with Gasteiger partial charge in [0.05, 0.1) is 17.8 Å². The molecule has 2 aromatic rings. The number of nitrogens with one attached hydrogen (secondary N) is 1. The minimum Gasteiger partial charge on any atom is -0.493 e. The number of ketones is 1. The summed E-state index contributed by atoms with van der Waals surface area (Å²) in [5, 5.41) is 3.04. The van der Waals surface area contributed by atoms with E-state index in [1.165, 1.54) is 26.2 Å². The summed E-state index contributed by atoms with van der Waals surface area (Å²) in [5.41, 5.74) is 2.71. The highest BCUT2D eigenvalue weighted by atomic mass is 35.5. The predicted molar refractivity (Wildman–Crippen MR) is 109 cm³/mol. The van der Waals surface area contributed by atoms with Gasteiger partial charge in [0.1, 0.15) is 0 Å². The number of carbonyl (C=O) groups is 3. The predicted octanol–water partition coefficient (Wildman–Crippen LogP) is 3.73. The first kappa shape index (κ1) is 22.2. The fourth-order valence-corrected chi connectivity index (χ4v) is 2.95. The van der Waals surface area contributed by atoms with Crippen molar-refractivity contribution >= 4 is 34.9 Å². The van der Waals surface area contributed by atoms with Crippen molar-refractivity contribution in [1.29, 1.82) is 0 Å². The first-order valence-corrected chi connectivity index (χ1v) is 9.13. The number of rotatable bonds is 8. The number of hydrogen-bond acceptors (Lipinski definition) is 6. The van der Waals surface area contributed by atoms with Crippen LogP contribution in [-0.4, -0.2) is 38.0 Å². The summed E-state index contributed by atoms with van der Waals surface area (Å²) < 4.78 is 15.4. The van der Waals surface area contributed by atoms with Crippen LogP contribution in [0.2, 0.25) is 5.02 Å². The Morgan fingerprint density at radius 3 is 2.38 bits per heavy atom. The van der Waals surface area contributed by atoms with Crippen LogP contribution < -0.4 is 14.8 Å². The zero-order chi connectivity index (χ0) is 21.6. The van der Waals surface area contributed by atoms with Crippen LogP contribution in [-0.2, 0) is 14.3 Å². The number of methoxy groups -OCH3 is 1. The van der Waals surface area contributed by atoms with Crippen molar-refractivity contribution in [3.8, 4) is 11.5 Å². The third kappa shape index (κ3) is 6.22. The summed E-state index contributed by atoms with van der Waals surface area (Å²) in [6, 6.07) is 8.22. The van der Waals surface area contributed by atoms with Gasteiger partial charge in [0.2, 0.25) is 0 Å². The molecule has 2 rings (SSSR count). The van der Waals surface area contributed by atoms with E-state index in [2.05, 4.69) is 5.32 Å². The van der Waals surface area contributed by atoms with Crippen molar-refractivity contribution in [3.63, 3.8) is 0 Å². The van der Waals surface area contributed by atoms with E-state index < -0.39 is 25.1 Å². The van der Waals surface area contributed by atoms with Gasteiger partial charge in [-0.1, -0.05) is 17.7 Å². The largest absolute Gasteiger partial charge is 0.493 e. The number of ether oxygens (including phenoxy) is 3. The van der Waals surface area contributed by atoms with E-state index in [0.717, 1.165) is 11.1 Å². The van der Waals surface area contributed by atoms with Gasteiger partial charge in [-0.2, -0.15) is 0 Å². The fourth-order valence-electron chi connectivity index (χ4n) is 2.58. The number of benzene rings is 2. The van der Waals surface area contributed by atoms with Crippen LogP contribution in [0.15, 0.2) is 30.3 Å². The van der Waals surface area contributed by atoms with Crippen LogP contribution in [0, 0.1) is 13.8 Å². The number of anilines is 1. The van der Waals surface area contributed by atoms with E-state index in [4.69, 9.17) is 25.8 Å². The molecule has 0 saturated heterocycles. The van der Waals surface area contributed by atoms with Gasteiger partial charge in [-0.25, -0.2) is 4.79 Å². The molecule has 0 spiro atoms. The lowest BCUT2D eigenvalue weighted by molar-refractivity contribution is -0.149. The van der Waals surface area contributed by atoms with Gasteiger partial charge in [0.15, 0.2) is 30.5 Å². The van der Waals surface area contributed by atoms with Gasteiger partial charge in [0, 0.05) is 5.56 Å². The number of carbonyl (C=O) groups excluding carboxylic acids is 3. The van der Waals surface area contributed by atoms with E-state index in [0.29, 0.717) is 22.0 Å². The van der Waals surface area contributed by atoms with Crippen molar-refractivity contribution in [3.05, 3.63) is 52.0 Å². The number of aryl methyl sites for hydroxylation is 2. The average Bonchev–Trinajstić information content (AvgIpc) is 2.67. The number of esters is 1. The molecule has 0 atom stereocenters. The van der Waals surface area contributed by atoms with E-state index in [9.17, 15) is 14.4 Å². The molecular weight excluding hydrogens is 398 g/mol. The number of halogens is 1. The molecule has 29 heavy (non-hydrogen) atoms. The van der Waals surface area contributed by atoms with Gasteiger partial charge in [-0.3, -0.25) is 9.59 Å². The maximum atomic E-state index is 12.0. The Kier molecular flexibility index (Phi) is 7.61. The minimum atomic E-state index is -0.732. The van der Waals surface area contributed by atoms with Crippen molar-refractivity contribution < 1.29 is 28.6 Å². The molecule has 2 aromatic carbocycles. The van der Waals surface area contributed by atoms with Gasteiger partial charge in [-0.05, 0) is 56.2 Å². The molecule has 0 saturated carbocycles. The maximum Gasteiger partial charge on any atom is 0.344 e. The SMILES string of the molecule is COc1cc(C(C)=O)ccc1OCC(=O)OCC(=O)Nc1c(C)cc(C)cc1Cl. The molecule has 0 aliphatic carbocycles. The van der Waals surface area contributed by atoms with Gasteiger partial charge >= 0.3 is 5.97 Å². The van der Waals surface area contributed by atoms with Crippen molar-refractivity contribution in [2.24, 2.45) is 0 Å². The van der Waals surface area contributed by atoms with Crippen LogP contribution in [0.4, 0.5) is 5.69 Å². The van der Waals surface area contributed by atoms with Crippen LogP contribution in [0.1, 0.15) is 28.4 Å². The maximum absolute atomic E-state index is 12.0. The summed E-state index contributed by atoms with van der Waals surface area (Å²) in [7, 11) is 1.42. The molecule has 0 bridgehead atoms. The zero-order valence-corrected chi connectivity index (χ0v) is 17.4. The molecule has 0 aliphatic rings. The summed E-state index contributed by atoms with van der Waals surface area (Å²) in [6.45, 7) is 4.25. The topological polar surface area (TPSA) is 90.9 Å². The second kappa shape index (κ2) is 9.93. The fraction of sp³-hybridized carbons (Fsp3) is 0.286. The van der Waals surface area contributed by atoms with Crippen LogP contribution >= 0.6 is 11.6 Å². The van der Waals surface area contributed by atoms with Crippen LogP contribution in [0.3, 0.4) is 0 Å². The van der Waals surface area contributed by atoms with Gasteiger partial charge in [-0.15, -0.1) is 0 Å². The highest BCUT2D eigenvalue weighted by Gasteiger charge is 2.14. The van der Waals surface area contributed by atoms with Crippen LogP contribution in [0.5, 0.6) is 11.5 Å². The summed E-state index contributed by atoms with van der Waals surface area (Å²) in [4.78, 5) is 35.3. The normalized spacial score (nSPS) is 10.2.